The van der Waals surface area contributed by atoms with Crippen molar-refractivity contribution in [2.75, 3.05) is 6.61 Å². The Labute approximate surface area is 118 Å². The van der Waals surface area contributed by atoms with Crippen LogP contribution in [0.1, 0.15) is 32.4 Å². The van der Waals surface area contributed by atoms with Crippen LogP contribution in [-0.4, -0.2) is 24.3 Å². The predicted molar refractivity (Wildman–Crippen MR) is 73.8 cm³/mol. The number of hydrogen-bond donors (Lipinski definition) is 1. The van der Waals surface area contributed by atoms with Crippen LogP contribution in [0.15, 0.2) is 30.3 Å². The van der Waals surface area contributed by atoms with Crippen LogP contribution in [0.4, 0.5) is 0 Å². The molecule has 0 unspecified atom stereocenters. The maximum Gasteiger partial charge on any atom is 0.318 e. The lowest BCUT2D eigenvalue weighted by Gasteiger charge is -2.24. The topological polar surface area (TPSA) is 72.5 Å². The SMILES string of the molecule is CCOC(=O)[C@H](C(C)=O)[C@H](NC(C)=O)c1ccccc1. The van der Waals surface area contributed by atoms with Crippen LogP contribution < -0.4 is 5.32 Å². The fourth-order valence-corrected chi connectivity index (χ4v) is 2.01. The van der Waals surface area contributed by atoms with Crippen molar-refractivity contribution < 1.29 is 19.1 Å². The first kappa shape index (κ1) is 15.9. The Balaban J connectivity index is 3.15. The Hall–Kier alpha value is -2.17. The monoisotopic (exact) mass is 277 g/mol. The molecule has 0 spiro atoms. The molecule has 5 heteroatoms. The Morgan fingerprint density at radius 3 is 2.20 bits per heavy atom. The van der Waals surface area contributed by atoms with Crippen LogP contribution in [0.5, 0.6) is 0 Å². The Morgan fingerprint density at radius 1 is 1.15 bits per heavy atom. The molecule has 2 atom stereocenters. The summed E-state index contributed by atoms with van der Waals surface area (Å²) in [4.78, 5) is 35.2. The Bertz CT molecular complexity index is 484. The molecule has 1 amide bonds. The molecule has 0 bridgehead atoms. The average molecular weight is 277 g/mol. The molecule has 0 saturated carbocycles. The van der Waals surface area contributed by atoms with Crippen molar-refractivity contribution in [2.24, 2.45) is 5.92 Å². The molecule has 0 aliphatic rings. The van der Waals surface area contributed by atoms with E-state index in [4.69, 9.17) is 4.74 Å². The second kappa shape index (κ2) is 7.43. The van der Waals surface area contributed by atoms with E-state index in [2.05, 4.69) is 5.32 Å². The first-order valence-corrected chi connectivity index (χ1v) is 6.46. The third-order valence-electron chi connectivity index (χ3n) is 2.83. The van der Waals surface area contributed by atoms with E-state index >= 15 is 0 Å². The van der Waals surface area contributed by atoms with E-state index in [0.717, 1.165) is 0 Å². The number of esters is 1. The van der Waals surface area contributed by atoms with Crippen LogP contribution in [0.2, 0.25) is 0 Å². The molecule has 0 radical (unpaired) electrons. The van der Waals surface area contributed by atoms with E-state index in [1.165, 1.54) is 13.8 Å². The largest absolute Gasteiger partial charge is 0.465 e. The third kappa shape index (κ3) is 4.19. The number of ketones is 1. The molecule has 1 aromatic rings. The highest BCUT2D eigenvalue weighted by Gasteiger charge is 2.35. The van der Waals surface area contributed by atoms with Gasteiger partial charge in [0, 0.05) is 6.92 Å². The fraction of sp³-hybridized carbons (Fsp3) is 0.400. The minimum absolute atomic E-state index is 0.185. The van der Waals surface area contributed by atoms with Gasteiger partial charge in [-0.25, -0.2) is 0 Å². The van der Waals surface area contributed by atoms with Gasteiger partial charge in [-0.3, -0.25) is 14.4 Å². The number of amides is 1. The summed E-state index contributed by atoms with van der Waals surface area (Å²) in [5.74, 6) is -2.32. The van der Waals surface area contributed by atoms with E-state index in [0.29, 0.717) is 5.56 Å². The summed E-state index contributed by atoms with van der Waals surface area (Å²) in [6.45, 7) is 4.52. The highest BCUT2D eigenvalue weighted by atomic mass is 16.5. The molecule has 0 heterocycles. The number of hydrogen-bond acceptors (Lipinski definition) is 4. The lowest BCUT2D eigenvalue weighted by molar-refractivity contribution is -0.152. The smallest absolute Gasteiger partial charge is 0.318 e. The van der Waals surface area contributed by atoms with Gasteiger partial charge in [-0.1, -0.05) is 30.3 Å². The van der Waals surface area contributed by atoms with Crippen molar-refractivity contribution in [3.8, 4) is 0 Å². The van der Waals surface area contributed by atoms with Gasteiger partial charge in [0.1, 0.15) is 11.7 Å². The summed E-state index contributed by atoms with van der Waals surface area (Å²) in [6, 6.07) is 8.19. The molecule has 0 fully saturated rings. The quantitative estimate of drug-likeness (QED) is 0.633. The normalized spacial score (nSPS) is 13.2. The summed E-state index contributed by atoms with van der Waals surface area (Å²) in [5.41, 5.74) is 0.691. The Morgan fingerprint density at radius 2 is 1.75 bits per heavy atom. The van der Waals surface area contributed by atoms with Gasteiger partial charge >= 0.3 is 5.97 Å². The summed E-state index contributed by atoms with van der Waals surface area (Å²) in [5, 5.41) is 2.66. The number of Topliss-reactive ketones (excluding diaryl/α,β-unsaturated/α-hetero) is 1. The minimum Gasteiger partial charge on any atom is -0.465 e. The summed E-state index contributed by atoms with van der Waals surface area (Å²) in [6.07, 6.45) is 0. The second-order valence-corrected chi connectivity index (χ2v) is 4.43. The molecule has 5 nitrogen and oxygen atoms in total. The molecule has 1 aromatic carbocycles. The van der Waals surface area contributed by atoms with Gasteiger partial charge < -0.3 is 10.1 Å². The van der Waals surface area contributed by atoms with Crippen LogP contribution in [0.25, 0.3) is 0 Å². The number of ether oxygens (including phenoxy) is 1. The highest BCUT2D eigenvalue weighted by molar-refractivity contribution is 5.99. The van der Waals surface area contributed by atoms with Crippen LogP contribution >= 0.6 is 0 Å². The summed E-state index contributed by atoms with van der Waals surface area (Å²) < 4.78 is 4.94. The lowest BCUT2D eigenvalue weighted by atomic mass is 9.90. The zero-order valence-corrected chi connectivity index (χ0v) is 11.9. The van der Waals surface area contributed by atoms with Crippen LogP contribution in [0, 0.1) is 5.92 Å². The zero-order valence-electron chi connectivity index (χ0n) is 11.9. The molecule has 0 aromatic heterocycles. The standard InChI is InChI=1S/C15H19NO4/c1-4-20-15(19)13(10(2)17)14(16-11(3)18)12-8-6-5-7-9-12/h5-9,13-14H,4H2,1-3H3,(H,16,18)/t13-,14-/m1/s1. The van der Waals surface area contributed by atoms with Crippen molar-refractivity contribution in [3.63, 3.8) is 0 Å². The highest BCUT2D eigenvalue weighted by Crippen LogP contribution is 2.24. The summed E-state index contributed by atoms with van der Waals surface area (Å²) >= 11 is 0. The summed E-state index contributed by atoms with van der Waals surface area (Å²) in [7, 11) is 0. The number of carbonyl (C=O) groups excluding carboxylic acids is 3. The lowest BCUT2D eigenvalue weighted by Crippen LogP contribution is -2.40. The predicted octanol–water partition coefficient (Wildman–Crippen LogP) is 1.63. The first-order valence-electron chi connectivity index (χ1n) is 6.46. The van der Waals surface area contributed by atoms with Crippen molar-refractivity contribution in [1.82, 2.24) is 5.32 Å². The van der Waals surface area contributed by atoms with Crippen LogP contribution in [0.3, 0.4) is 0 Å². The van der Waals surface area contributed by atoms with Gasteiger partial charge in [-0.05, 0) is 19.4 Å². The van der Waals surface area contributed by atoms with Gasteiger partial charge in [0.25, 0.3) is 0 Å². The molecule has 0 saturated heterocycles. The number of rotatable bonds is 6. The molecule has 108 valence electrons. The van der Waals surface area contributed by atoms with Crippen molar-refractivity contribution in [1.29, 1.82) is 0 Å². The average Bonchev–Trinajstić information content (AvgIpc) is 2.38. The number of carbonyl (C=O) groups is 3. The van der Waals surface area contributed by atoms with Crippen molar-refractivity contribution >= 4 is 17.7 Å². The molecular weight excluding hydrogens is 258 g/mol. The van der Waals surface area contributed by atoms with E-state index in [-0.39, 0.29) is 18.3 Å². The molecular formula is C15H19NO4. The maximum atomic E-state index is 12.0. The zero-order chi connectivity index (χ0) is 15.1. The van der Waals surface area contributed by atoms with Crippen LogP contribution in [-0.2, 0) is 19.1 Å². The van der Waals surface area contributed by atoms with Crippen molar-refractivity contribution in [3.05, 3.63) is 35.9 Å². The van der Waals surface area contributed by atoms with Gasteiger partial charge in [0.15, 0.2) is 0 Å². The fourth-order valence-electron chi connectivity index (χ4n) is 2.01. The molecule has 1 N–H and O–H groups in total. The molecule has 0 aliphatic carbocycles. The number of nitrogens with one attached hydrogen (secondary N) is 1. The van der Waals surface area contributed by atoms with Gasteiger partial charge in [0.2, 0.25) is 5.91 Å². The Kier molecular flexibility index (Phi) is 5.90. The van der Waals surface area contributed by atoms with E-state index in [1.54, 1.807) is 31.2 Å². The molecule has 0 aliphatic heterocycles. The van der Waals surface area contributed by atoms with Gasteiger partial charge in [-0.2, -0.15) is 0 Å². The number of benzene rings is 1. The minimum atomic E-state index is -1.04. The second-order valence-electron chi connectivity index (χ2n) is 4.43. The van der Waals surface area contributed by atoms with Crippen molar-refractivity contribution in [2.45, 2.75) is 26.8 Å². The van der Waals surface area contributed by atoms with E-state index in [1.807, 2.05) is 6.07 Å². The van der Waals surface area contributed by atoms with Gasteiger partial charge in [-0.15, -0.1) is 0 Å². The van der Waals surface area contributed by atoms with Gasteiger partial charge in [0.05, 0.1) is 12.6 Å². The molecule has 1 rings (SSSR count). The van der Waals surface area contributed by atoms with E-state index in [9.17, 15) is 14.4 Å². The third-order valence-corrected chi connectivity index (χ3v) is 2.83. The van der Waals surface area contributed by atoms with E-state index < -0.39 is 17.9 Å². The molecule has 20 heavy (non-hydrogen) atoms. The maximum absolute atomic E-state index is 12.0. The first-order chi connectivity index (χ1) is 9.47.